The minimum absolute atomic E-state index is 0.0603. The number of nitrogens with zero attached hydrogens (tertiary/aromatic N) is 3. The predicted molar refractivity (Wildman–Crippen MR) is 117 cm³/mol. The minimum Gasteiger partial charge on any atom is -0.497 e. The lowest BCUT2D eigenvalue weighted by molar-refractivity contribution is -0.113. The van der Waals surface area contributed by atoms with Gasteiger partial charge in [0.2, 0.25) is 5.91 Å². The lowest BCUT2D eigenvalue weighted by Crippen LogP contribution is -2.14. The van der Waals surface area contributed by atoms with Crippen molar-refractivity contribution >= 4 is 23.4 Å². The van der Waals surface area contributed by atoms with E-state index in [4.69, 9.17) is 4.74 Å². The molecule has 1 N–H and O–H groups in total. The van der Waals surface area contributed by atoms with Gasteiger partial charge in [-0.3, -0.25) is 4.79 Å². The first-order valence-corrected chi connectivity index (χ1v) is 10.7. The molecule has 3 rings (SSSR count). The number of amides is 1. The first-order chi connectivity index (χ1) is 14.1. The quantitative estimate of drug-likeness (QED) is 0.514. The molecule has 1 heterocycles. The lowest BCUT2D eigenvalue weighted by atomic mass is 10.2. The summed E-state index contributed by atoms with van der Waals surface area (Å²) in [5.74, 6) is 1.83. The Bertz CT molecular complexity index is 936. The zero-order valence-corrected chi connectivity index (χ0v) is 17.8. The van der Waals surface area contributed by atoms with Crippen LogP contribution >= 0.6 is 11.8 Å². The molecular formula is C22H26N4O2S. The van der Waals surface area contributed by atoms with E-state index in [0.717, 1.165) is 52.9 Å². The predicted octanol–water partition coefficient (Wildman–Crippen LogP) is 4.79. The van der Waals surface area contributed by atoms with Crippen molar-refractivity contribution in [2.75, 3.05) is 18.2 Å². The molecule has 0 aliphatic heterocycles. The molecule has 0 spiro atoms. The van der Waals surface area contributed by atoms with Crippen molar-refractivity contribution in [2.24, 2.45) is 0 Å². The normalized spacial score (nSPS) is 10.7. The first-order valence-electron chi connectivity index (χ1n) is 9.67. The number of methoxy groups -OCH3 is 1. The van der Waals surface area contributed by atoms with Crippen LogP contribution in [0.3, 0.4) is 0 Å². The summed E-state index contributed by atoms with van der Waals surface area (Å²) in [7, 11) is 1.65. The monoisotopic (exact) mass is 410 g/mol. The van der Waals surface area contributed by atoms with E-state index in [0.29, 0.717) is 0 Å². The van der Waals surface area contributed by atoms with Crippen LogP contribution in [0.15, 0.2) is 53.7 Å². The van der Waals surface area contributed by atoms with Crippen LogP contribution in [0.2, 0.25) is 0 Å². The van der Waals surface area contributed by atoms with Crippen LogP contribution in [-0.2, 0) is 11.3 Å². The Morgan fingerprint density at radius 1 is 1.10 bits per heavy atom. The molecule has 0 aliphatic carbocycles. The maximum atomic E-state index is 12.3. The van der Waals surface area contributed by atoms with Gasteiger partial charge in [-0.25, -0.2) is 0 Å². The third-order valence-corrected chi connectivity index (χ3v) is 5.43. The molecule has 0 saturated carbocycles. The molecule has 0 radical (unpaired) electrons. The van der Waals surface area contributed by atoms with Crippen molar-refractivity contribution in [1.82, 2.24) is 14.8 Å². The molecule has 7 heteroatoms. The van der Waals surface area contributed by atoms with Gasteiger partial charge in [0, 0.05) is 17.8 Å². The van der Waals surface area contributed by atoms with E-state index >= 15 is 0 Å². The zero-order chi connectivity index (χ0) is 20.6. The Kier molecular flexibility index (Phi) is 7.30. The summed E-state index contributed by atoms with van der Waals surface area (Å²) in [4.78, 5) is 12.3. The van der Waals surface area contributed by atoms with E-state index in [9.17, 15) is 4.79 Å². The average Bonchev–Trinajstić information content (AvgIpc) is 3.15. The Labute approximate surface area is 175 Å². The van der Waals surface area contributed by atoms with Gasteiger partial charge in [-0.2, -0.15) is 0 Å². The lowest BCUT2D eigenvalue weighted by Gasteiger charge is -2.10. The summed E-state index contributed by atoms with van der Waals surface area (Å²) in [5.41, 5.74) is 2.94. The molecule has 152 valence electrons. The maximum absolute atomic E-state index is 12.3. The van der Waals surface area contributed by atoms with Crippen LogP contribution in [0.25, 0.3) is 11.4 Å². The summed E-state index contributed by atoms with van der Waals surface area (Å²) in [6, 6.07) is 15.5. The summed E-state index contributed by atoms with van der Waals surface area (Å²) in [6.07, 6.45) is 2.09. The molecular weight excluding hydrogens is 384 g/mol. The molecule has 0 fully saturated rings. The number of aromatic nitrogens is 3. The van der Waals surface area contributed by atoms with Gasteiger partial charge in [0.15, 0.2) is 11.0 Å². The second-order valence-corrected chi connectivity index (χ2v) is 7.69. The van der Waals surface area contributed by atoms with Gasteiger partial charge >= 0.3 is 0 Å². The van der Waals surface area contributed by atoms with Crippen LogP contribution in [-0.4, -0.2) is 33.5 Å². The summed E-state index contributed by atoms with van der Waals surface area (Å²) < 4.78 is 7.33. The molecule has 3 aromatic rings. The molecule has 0 unspecified atom stereocenters. The number of unbranched alkanes of at least 4 members (excludes halogenated alkanes) is 1. The number of carbonyl (C=O) groups excluding carboxylic acids is 1. The van der Waals surface area contributed by atoms with Crippen molar-refractivity contribution in [3.8, 4) is 17.1 Å². The fraction of sp³-hybridized carbons (Fsp3) is 0.318. The van der Waals surface area contributed by atoms with Crippen molar-refractivity contribution < 1.29 is 9.53 Å². The number of hydrogen-bond acceptors (Lipinski definition) is 5. The first kappa shape index (κ1) is 20.9. The van der Waals surface area contributed by atoms with Gasteiger partial charge in [-0.15, -0.1) is 10.2 Å². The molecule has 1 amide bonds. The Morgan fingerprint density at radius 3 is 2.48 bits per heavy atom. The number of benzene rings is 2. The Hall–Kier alpha value is -2.80. The van der Waals surface area contributed by atoms with Crippen LogP contribution in [0, 0.1) is 6.92 Å². The molecule has 1 aromatic heterocycles. The molecule has 0 bridgehead atoms. The molecule has 2 aromatic carbocycles. The second-order valence-electron chi connectivity index (χ2n) is 6.74. The molecule has 29 heavy (non-hydrogen) atoms. The summed E-state index contributed by atoms with van der Waals surface area (Å²) in [5, 5.41) is 12.4. The van der Waals surface area contributed by atoms with Crippen molar-refractivity contribution in [2.45, 2.75) is 38.4 Å². The highest BCUT2D eigenvalue weighted by atomic mass is 32.2. The van der Waals surface area contributed by atoms with E-state index in [2.05, 4.69) is 27.0 Å². The van der Waals surface area contributed by atoms with Gasteiger partial charge in [0.05, 0.1) is 12.9 Å². The third-order valence-electron chi connectivity index (χ3n) is 4.47. The fourth-order valence-electron chi connectivity index (χ4n) is 2.83. The van der Waals surface area contributed by atoms with E-state index < -0.39 is 0 Å². The average molecular weight is 411 g/mol. The fourth-order valence-corrected chi connectivity index (χ4v) is 3.60. The second kappa shape index (κ2) is 10.1. The van der Waals surface area contributed by atoms with E-state index in [-0.39, 0.29) is 11.7 Å². The molecule has 6 nitrogen and oxygen atoms in total. The Morgan fingerprint density at radius 2 is 1.83 bits per heavy atom. The zero-order valence-electron chi connectivity index (χ0n) is 17.0. The number of thioether (sulfide) groups is 1. The van der Waals surface area contributed by atoms with Gasteiger partial charge in [0.1, 0.15) is 5.75 Å². The standard InChI is InChI=1S/C22H26N4O2S/c1-4-5-14-26-21(17-8-12-19(28-3)13-9-17)24-25-22(26)29-15-20(27)23-18-10-6-16(2)7-11-18/h6-13H,4-5,14-15H2,1-3H3,(H,23,27). The van der Waals surface area contributed by atoms with Crippen LogP contribution in [0.1, 0.15) is 25.3 Å². The van der Waals surface area contributed by atoms with Gasteiger partial charge in [-0.05, 0) is 49.7 Å². The number of carbonyl (C=O) groups is 1. The number of aryl methyl sites for hydroxylation is 1. The van der Waals surface area contributed by atoms with E-state index in [1.807, 2.05) is 55.5 Å². The highest BCUT2D eigenvalue weighted by molar-refractivity contribution is 7.99. The van der Waals surface area contributed by atoms with Gasteiger partial charge in [-0.1, -0.05) is 42.8 Å². The third kappa shape index (κ3) is 5.60. The van der Waals surface area contributed by atoms with Crippen molar-refractivity contribution in [3.63, 3.8) is 0 Å². The highest BCUT2D eigenvalue weighted by Gasteiger charge is 2.15. The van der Waals surface area contributed by atoms with E-state index in [1.54, 1.807) is 7.11 Å². The van der Waals surface area contributed by atoms with Gasteiger partial charge < -0.3 is 14.6 Å². The number of ether oxygens (including phenoxy) is 1. The SMILES string of the molecule is CCCCn1c(SCC(=O)Nc2ccc(C)cc2)nnc1-c1ccc(OC)cc1. The van der Waals surface area contributed by atoms with Crippen LogP contribution in [0.4, 0.5) is 5.69 Å². The number of rotatable bonds is 9. The van der Waals surface area contributed by atoms with Crippen LogP contribution < -0.4 is 10.1 Å². The van der Waals surface area contributed by atoms with E-state index in [1.165, 1.54) is 11.8 Å². The van der Waals surface area contributed by atoms with Crippen LogP contribution in [0.5, 0.6) is 5.75 Å². The smallest absolute Gasteiger partial charge is 0.234 e. The number of hydrogen-bond donors (Lipinski definition) is 1. The maximum Gasteiger partial charge on any atom is 0.234 e. The largest absolute Gasteiger partial charge is 0.497 e. The topological polar surface area (TPSA) is 69.0 Å². The minimum atomic E-state index is -0.0603. The summed E-state index contributed by atoms with van der Waals surface area (Å²) in [6.45, 7) is 4.98. The molecule has 0 atom stereocenters. The Balaban J connectivity index is 1.71. The highest BCUT2D eigenvalue weighted by Crippen LogP contribution is 2.26. The van der Waals surface area contributed by atoms with Crippen molar-refractivity contribution in [3.05, 3.63) is 54.1 Å². The molecule has 0 aliphatic rings. The number of nitrogens with one attached hydrogen (secondary N) is 1. The van der Waals surface area contributed by atoms with Gasteiger partial charge in [0.25, 0.3) is 0 Å². The summed E-state index contributed by atoms with van der Waals surface area (Å²) >= 11 is 1.40. The number of anilines is 1. The molecule has 0 saturated heterocycles. The van der Waals surface area contributed by atoms with Crippen molar-refractivity contribution in [1.29, 1.82) is 0 Å².